The van der Waals surface area contributed by atoms with E-state index in [-0.39, 0.29) is 18.0 Å². The summed E-state index contributed by atoms with van der Waals surface area (Å²) in [6.45, 7) is 0. The van der Waals surface area contributed by atoms with Crippen LogP contribution < -0.4 is 9.64 Å². The van der Waals surface area contributed by atoms with Gasteiger partial charge in [0.15, 0.2) is 11.4 Å². The third-order valence-electron chi connectivity index (χ3n) is 4.30. The lowest BCUT2D eigenvalue weighted by atomic mass is 9.87. The second kappa shape index (κ2) is 5.29. The van der Waals surface area contributed by atoms with Crippen LogP contribution in [0.1, 0.15) is 16.8 Å². The quantitative estimate of drug-likeness (QED) is 0.670. The number of alkyl halides is 1. The van der Waals surface area contributed by atoms with Gasteiger partial charge in [-0.3, -0.25) is 4.79 Å². The number of halogens is 1. The van der Waals surface area contributed by atoms with Crippen molar-refractivity contribution in [2.24, 2.45) is 4.99 Å². The molecular weight excluding hydrogens is 330 g/mol. The first-order valence-corrected chi connectivity index (χ1v) is 7.87. The molecule has 0 spiro atoms. The fraction of sp³-hybridized carbons (Fsp3) is 0.235. The SMILES string of the molecule is COc1cc(N2C3=Nc4ccccc4C(=O)C3(O)C[C@@H]2Cl)ccn1. The van der Waals surface area contributed by atoms with Crippen molar-refractivity contribution in [2.45, 2.75) is 17.5 Å². The molecule has 2 aromatic rings. The number of amidine groups is 1. The molecule has 1 unspecified atom stereocenters. The van der Waals surface area contributed by atoms with Crippen molar-refractivity contribution in [3.63, 3.8) is 0 Å². The number of carbonyl (C=O) groups is 1. The van der Waals surface area contributed by atoms with Crippen molar-refractivity contribution in [1.29, 1.82) is 0 Å². The summed E-state index contributed by atoms with van der Waals surface area (Å²) in [5.41, 5.74) is -0.749. The number of anilines is 1. The van der Waals surface area contributed by atoms with E-state index in [0.717, 1.165) is 0 Å². The first-order valence-electron chi connectivity index (χ1n) is 7.43. The maximum Gasteiger partial charge on any atom is 0.214 e. The number of methoxy groups -OCH3 is 1. The number of ketones is 1. The Kier molecular flexibility index (Phi) is 3.33. The predicted molar refractivity (Wildman–Crippen MR) is 90.3 cm³/mol. The highest BCUT2D eigenvalue weighted by atomic mass is 35.5. The monoisotopic (exact) mass is 343 g/mol. The molecule has 7 heteroatoms. The number of fused-ring (bicyclic) bond motifs is 2. The summed E-state index contributed by atoms with van der Waals surface area (Å²) in [4.78, 5) is 23.0. The Bertz CT molecular complexity index is 870. The third-order valence-corrected chi connectivity index (χ3v) is 4.65. The number of pyridine rings is 1. The number of nitrogens with zero attached hydrogens (tertiary/aromatic N) is 3. The van der Waals surface area contributed by atoms with Crippen LogP contribution in [0.2, 0.25) is 0 Å². The molecule has 0 radical (unpaired) electrons. The number of benzene rings is 1. The summed E-state index contributed by atoms with van der Waals surface area (Å²) < 4.78 is 5.14. The Morgan fingerprint density at radius 1 is 1.38 bits per heavy atom. The number of ether oxygens (including phenoxy) is 1. The molecule has 1 fully saturated rings. The molecule has 2 aliphatic heterocycles. The van der Waals surface area contributed by atoms with E-state index in [1.807, 2.05) is 0 Å². The Morgan fingerprint density at radius 3 is 2.96 bits per heavy atom. The summed E-state index contributed by atoms with van der Waals surface area (Å²) in [7, 11) is 1.52. The maximum absolute atomic E-state index is 12.8. The molecule has 4 rings (SSSR count). The molecular formula is C17H14ClN3O3. The molecule has 0 bridgehead atoms. The van der Waals surface area contributed by atoms with Crippen molar-refractivity contribution in [3.8, 4) is 5.88 Å². The number of para-hydroxylation sites is 1. The normalized spacial score (nSPS) is 25.1. The minimum Gasteiger partial charge on any atom is -0.481 e. The second-order valence-electron chi connectivity index (χ2n) is 5.71. The number of Topliss-reactive ketones (excluding diaryl/α,β-unsaturated/α-hetero) is 1. The van der Waals surface area contributed by atoms with Gasteiger partial charge < -0.3 is 14.7 Å². The molecule has 122 valence electrons. The van der Waals surface area contributed by atoms with Gasteiger partial charge >= 0.3 is 0 Å². The van der Waals surface area contributed by atoms with E-state index in [1.165, 1.54) is 7.11 Å². The van der Waals surface area contributed by atoms with Gasteiger partial charge in [-0.2, -0.15) is 0 Å². The predicted octanol–water partition coefficient (Wildman–Crippen LogP) is 2.52. The van der Waals surface area contributed by atoms with Crippen molar-refractivity contribution in [2.75, 3.05) is 12.0 Å². The molecule has 2 atom stereocenters. The van der Waals surface area contributed by atoms with Gasteiger partial charge in [0, 0.05) is 24.2 Å². The molecule has 2 aliphatic rings. The number of aromatic nitrogens is 1. The molecule has 0 amide bonds. The summed E-state index contributed by atoms with van der Waals surface area (Å²) in [5, 5.41) is 11.0. The van der Waals surface area contributed by atoms with Crippen molar-refractivity contribution in [3.05, 3.63) is 48.2 Å². The van der Waals surface area contributed by atoms with Gasteiger partial charge in [-0.25, -0.2) is 9.98 Å². The Morgan fingerprint density at radius 2 is 2.17 bits per heavy atom. The number of hydrogen-bond acceptors (Lipinski definition) is 6. The Balaban J connectivity index is 1.88. The molecule has 0 aliphatic carbocycles. The van der Waals surface area contributed by atoms with Crippen molar-refractivity contribution >= 4 is 34.6 Å². The van der Waals surface area contributed by atoms with E-state index in [2.05, 4.69) is 9.98 Å². The van der Waals surface area contributed by atoms with Gasteiger partial charge in [-0.05, 0) is 18.2 Å². The lowest BCUT2D eigenvalue weighted by molar-refractivity contribution is 0.0597. The standard InChI is InChI=1S/C17H14ClN3O3/c1-24-14-8-10(6-7-19-14)21-13(18)9-17(23)15(22)11-4-2-3-5-12(11)20-16(17)21/h2-8,13,23H,9H2,1H3/t13-,17?/m1/s1. The number of aliphatic imine (C=N–C) groups is 1. The fourth-order valence-electron chi connectivity index (χ4n) is 3.14. The number of aliphatic hydroxyl groups is 1. The molecule has 3 heterocycles. The van der Waals surface area contributed by atoms with E-state index in [1.54, 1.807) is 47.5 Å². The molecule has 1 aromatic carbocycles. The van der Waals surface area contributed by atoms with Gasteiger partial charge in [-0.1, -0.05) is 23.7 Å². The summed E-state index contributed by atoms with van der Waals surface area (Å²) in [5.74, 6) is 0.270. The molecule has 6 nitrogen and oxygen atoms in total. The van der Waals surface area contributed by atoms with Crippen LogP contribution in [0.25, 0.3) is 0 Å². The second-order valence-corrected chi connectivity index (χ2v) is 6.21. The maximum atomic E-state index is 12.8. The first kappa shape index (κ1) is 15.1. The van der Waals surface area contributed by atoms with E-state index >= 15 is 0 Å². The lowest BCUT2D eigenvalue weighted by Gasteiger charge is -2.29. The minimum absolute atomic E-state index is 0.0607. The molecule has 24 heavy (non-hydrogen) atoms. The topological polar surface area (TPSA) is 75.0 Å². The highest BCUT2D eigenvalue weighted by molar-refractivity contribution is 6.34. The lowest BCUT2D eigenvalue weighted by Crippen LogP contribution is -2.48. The largest absolute Gasteiger partial charge is 0.481 e. The fourth-order valence-corrected chi connectivity index (χ4v) is 3.57. The Labute approximate surface area is 143 Å². The van der Waals surface area contributed by atoms with Gasteiger partial charge in [-0.15, -0.1) is 0 Å². The van der Waals surface area contributed by atoms with Crippen LogP contribution in [-0.4, -0.2) is 39.9 Å². The molecule has 1 saturated heterocycles. The zero-order valence-corrected chi connectivity index (χ0v) is 13.6. The zero-order chi connectivity index (χ0) is 16.9. The van der Waals surface area contributed by atoms with E-state index in [9.17, 15) is 9.90 Å². The molecule has 0 saturated carbocycles. The number of carbonyl (C=O) groups excluding carboxylic acids is 1. The zero-order valence-electron chi connectivity index (χ0n) is 12.8. The van der Waals surface area contributed by atoms with Gasteiger partial charge in [0.25, 0.3) is 0 Å². The molecule has 1 aromatic heterocycles. The number of rotatable bonds is 2. The summed E-state index contributed by atoms with van der Waals surface area (Å²) in [6.07, 6.45) is 1.64. The van der Waals surface area contributed by atoms with E-state index in [4.69, 9.17) is 16.3 Å². The first-order chi connectivity index (χ1) is 11.5. The average Bonchev–Trinajstić information content (AvgIpc) is 2.86. The van der Waals surface area contributed by atoms with Gasteiger partial charge in [0.05, 0.1) is 18.5 Å². The van der Waals surface area contributed by atoms with Crippen LogP contribution in [0.3, 0.4) is 0 Å². The molecule has 1 N–H and O–H groups in total. The summed E-state index contributed by atoms with van der Waals surface area (Å²) in [6, 6.07) is 10.4. The summed E-state index contributed by atoms with van der Waals surface area (Å²) >= 11 is 6.45. The third kappa shape index (κ3) is 2.03. The van der Waals surface area contributed by atoms with Crippen LogP contribution in [-0.2, 0) is 0 Å². The van der Waals surface area contributed by atoms with Crippen LogP contribution in [0.4, 0.5) is 11.4 Å². The van der Waals surface area contributed by atoms with Gasteiger partial charge in [0.1, 0.15) is 5.50 Å². The highest BCUT2D eigenvalue weighted by Crippen LogP contribution is 2.43. The highest BCUT2D eigenvalue weighted by Gasteiger charge is 2.56. The van der Waals surface area contributed by atoms with E-state index < -0.39 is 11.1 Å². The van der Waals surface area contributed by atoms with Gasteiger partial charge in [0.2, 0.25) is 11.7 Å². The Hall–Kier alpha value is -2.44. The number of hydrogen-bond donors (Lipinski definition) is 1. The van der Waals surface area contributed by atoms with Crippen LogP contribution >= 0.6 is 11.6 Å². The van der Waals surface area contributed by atoms with Crippen LogP contribution in [0, 0.1) is 0 Å². The van der Waals surface area contributed by atoms with Crippen LogP contribution in [0.15, 0.2) is 47.6 Å². The van der Waals surface area contributed by atoms with Crippen molar-refractivity contribution in [1.82, 2.24) is 4.98 Å². The van der Waals surface area contributed by atoms with Crippen LogP contribution in [0.5, 0.6) is 5.88 Å². The van der Waals surface area contributed by atoms with E-state index in [0.29, 0.717) is 22.8 Å². The average molecular weight is 344 g/mol. The smallest absolute Gasteiger partial charge is 0.214 e. The minimum atomic E-state index is -1.72. The van der Waals surface area contributed by atoms with Crippen molar-refractivity contribution < 1.29 is 14.6 Å².